The van der Waals surface area contributed by atoms with Gasteiger partial charge < -0.3 is 15.9 Å². The van der Waals surface area contributed by atoms with Gasteiger partial charge in [-0.1, -0.05) is 24.3 Å². The lowest BCUT2D eigenvalue weighted by molar-refractivity contribution is 0.163. The normalized spacial score (nSPS) is 15.4. The zero-order valence-corrected chi connectivity index (χ0v) is 7.64. The van der Waals surface area contributed by atoms with E-state index in [1.807, 2.05) is 18.2 Å². The molecule has 0 aliphatic rings. The molecule has 4 N–H and O–H groups in total. The van der Waals surface area contributed by atoms with Gasteiger partial charge in [-0.2, -0.15) is 0 Å². The van der Waals surface area contributed by atoms with E-state index in [0.717, 1.165) is 11.1 Å². The first kappa shape index (κ1) is 10.2. The van der Waals surface area contributed by atoms with Crippen LogP contribution in [0, 0.1) is 0 Å². The number of hydrogen-bond acceptors (Lipinski definition) is 3. The molecule has 13 heavy (non-hydrogen) atoms. The van der Waals surface area contributed by atoms with Crippen molar-refractivity contribution in [2.24, 2.45) is 5.73 Å². The maximum atomic E-state index is 9.29. The Morgan fingerprint density at radius 3 is 2.54 bits per heavy atom. The number of aliphatic hydroxyl groups is 2. The molecule has 0 aromatic heterocycles. The van der Waals surface area contributed by atoms with Gasteiger partial charge in [-0.25, -0.2) is 0 Å². The first-order valence-electron chi connectivity index (χ1n) is 4.29. The van der Waals surface area contributed by atoms with E-state index in [1.165, 1.54) is 0 Å². The lowest BCUT2D eigenvalue weighted by atomic mass is 9.98. The summed E-state index contributed by atoms with van der Waals surface area (Å²) >= 11 is 0. The fourth-order valence-corrected chi connectivity index (χ4v) is 1.26. The van der Waals surface area contributed by atoms with E-state index in [9.17, 15) is 5.11 Å². The second-order valence-corrected chi connectivity index (χ2v) is 3.12. The molecule has 0 saturated carbocycles. The summed E-state index contributed by atoms with van der Waals surface area (Å²) in [7, 11) is 0. The van der Waals surface area contributed by atoms with Crippen LogP contribution >= 0.6 is 0 Å². The van der Waals surface area contributed by atoms with Crippen molar-refractivity contribution in [3.05, 3.63) is 35.4 Å². The average molecular weight is 181 g/mol. The molecule has 3 heteroatoms. The fourth-order valence-electron chi connectivity index (χ4n) is 1.26. The number of hydrogen-bond donors (Lipinski definition) is 3. The number of rotatable bonds is 3. The predicted molar refractivity (Wildman–Crippen MR) is 51.0 cm³/mol. The van der Waals surface area contributed by atoms with Crippen molar-refractivity contribution in [2.45, 2.75) is 25.7 Å². The molecule has 1 aromatic carbocycles. The Labute approximate surface area is 77.8 Å². The Balaban J connectivity index is 2.98. The molecule has 3 nitrogen and oxygen atoms in total. The third-order valence-electron chi connectivity index (χ3n) is 2.10. The van der Waals surface area contributed by atoms with Crippen LogP contribution in [0.3, 0.4) is 0 Å². The highest BCUT2D eigenvalue weighted by Gasteiger charge is 2.14. The summed E-state index contributed by atoms with van der Waals surface area (Å²) in [5.41, 5.74) is 7.33. The van der Waals surface area contributed by atoms with Gasteiger partial charge in [-0.05, 0) is 18.1 Å². The van der Waals surface area contributed by atoms with Crippen LogP contribution in [0.5, 0.6) is 0 Å². The predicted octanol–water partition coefficient (Wildman–Crippen LogP) is 0.560. The molecule has 72 valence electrons. The standard InChI is InChI=1S/C10H15NO2/c1-7(13)10(11)9-5-3-2-4-8(9)6-12/h2-5,7,10,12-13H,6,11H2,1H3/t7-,10-/m0/s1. The highest BCUT2D eigenvalue weighted by molar-refractivity contribution is 5.29. The second kappa shape index (κ2) is 4.37. The van der Waals surface area contributed by atoms with Crippen molar-refractivity contribution in [3.63, 3.8) is 0 Å². The molecule has 0 unspecified atom stereocenters. The van der Waals surface area contributed by atoms with Crippen LogP contribution in [0.25, 0.3) is 0 Å². The molecule has 0 bridgehead atoms. The zero-order valence-electron chi connectivity index (χ0n) is 7.64. The minimum absolute atomic E-state index is 0.0450. The van der Waals surface area contributed by atoms with E-state index in [-0.39, 0.29) is 6.61 Å². The Morgan fingerprint density at radius 1 is 1.38 bits per heavy atom. The van der Waals surface area contributed by atoms with Gasteiger partial charge in [0.25, 0.3) is 0 Å². The van der Waals surface area contributed by atoms with Crippen LogP contribution in [0.4, 0.5) is 0 Å². The molecule has 0 aliphatic carbocycles. The van der Waals surface area contributed by atoms with Crippen LogP contribution in [-0.4, -0.2) is 16.3 Å². The molecular formula is C10H15NO2. The third kappa shape index (κ3) is 2.28. The van der Waals surface area contributed by atoms with Crippen molar-refractivity contribution >= 4 is 0 Å². The summed E-state index contributed by atoms with van der Waals surface area (Å²) in [5, 5.41) is 18.3. The average Bonchev–Trinajstić information content (AvgIpc) is 2.16. The number of nitrogens with two attached hydrogens (primary N) is 1. The Morgan fingerprint density at radius 2 is 2.00 bits per heavy atom. The van der Waals surface area contributed by atoms with Crippen LogP contribution in [0.2, 0.25) is 0 Å². The van der Waals surface area contributed by atoms with E-state index in [4.69, 9.17) is 10.8 Å². The lowest BCUT2D eigenvalue weighted by Gasteiger charge is -2.17. The largest absolute Gasteiger partial charge is 0.392 e. The van der Waals surface area contributed by atoms with Crippen molar-refractivity contribution < 1.29 is 10.2 Å². The maximum absolute atomic E-state index is 9.29. The van der Waals surface area contributed by atoms with E-state index in [1.54, 1.807) is 13.0 Å². The summed E-state index contributed by atoms with van der Waals surface area (Å²) in [6, 6.07) is 6.88. The molecule has 0 radical (unpaired) electrons. The SMILES string of the molecule is C[C@H](O)[C@H](N)c1ccccc1CO. The summed E-state index contributed by atoms with van der Waals surface area (Å²) in [6.07, 6.45) is -0.604. The van der Waals surface area contributed by atoms with Gasteiger partial charge in [0, 0.05) is 0 Å². The van der Waals surface area contributed by atoms with Crippen molar-refractivity contribution in [3.8, 4) is 0 Å². The summed E-state index contributed by atoms with van der Waals surface area (Å²) in [4.78, 5) is 0. The highest BCUT2D eigenvalue weighted by Crippen LogP contribution is 2.18. The smallest absolute Gasteiger partial charge is 0.0704 e. The van der Waals surface area contributed by atoms with Gasteiger partial charge in [0.2, 0.25) is 0 Å². The first-order chi connectivity index (χ1) is 6.16. The van der Waals surface area contributed by atoms with Crippen molar-refractivity contribution in [1.82, 2.24) is 0 Å². The minimum Gasteiger partial charge on any atom is -0.392 e. The van der Waals surface area contributed by atoms with Crippen LogP contribution in [0.15, 0.2) is 24.3 Å². The highest BCUT2D eigenvalue weighted by atomic mass is 16.3. The number of benzene rings is 1. The molecule has 0 spiro atoms. The molecule has 0 fully saturated rings. The fraction of sp³-hybridized carbons (Fsp3) is 0.400. The van der Waals surface area contributed by atoms with E-state index < -0.39 is 12.1 Å². The van der Waals surface area contributed by atoms with E-state index in [2.05, 4.69) is 0 Å². The van der Waals surface area contributed by atoms with Gasteiger partial charge in [0.1, 0.15) is 0 Å². The van der Waals surface area contributed by atoms with Gasteiger partial charge in [-0.3, -0.25) is 0 Å². The van der Waals surface area contributed by atoms with Crippen molar-refractivity contribution in [2.75, 3.05) is 0 Å². The second-order valence-electron chi connectivity index (χ2n) is 3.12. The van der Waals surface area contributed by atoms with Gasteiger partial charge in [-0.15, -0.1) is 0 Å². The lowest BCUT2D eigenvalue weighted by Crippen LogP contribution is -2.24. The molecule has 2 atom stereocenters. The van der Waals surface area contributed by atoms with E-state index in [0.29, 0.717) is 0 Å². The third-order valence-corrected chi connectivity index (χ3v) is 2.10. The Kier molecular flexibility index (Phi) is 3.42. The van der Waals surface area contributed by atoms with Crippen LogP contribution in [0.1, 0.15) is 24.1 Å². The summed E-state index contributed by atoms with van der Waals surface area (Å²) in [5.74, 6) is 0. The maximum Gasteiger partial charge on any atom is 0.0704 e. The molecule has 1 aromatic rings. The van der Waals surface area contributed by atoms with Crippen LogP contribution in [-0.2, 0) is 6.61 Å². The Hall–Kier alpha value is -0.900. The molecule has 0 amide bonds. The van der Waals surface area contributed by atoms with Gasteiger partial charge >= 0.3 is 0 Å². The quantitative estimate of drug-likeness (QED) is 0.638. The molecular weight excluding hydrogens is 166 g/mol. The monoisotopic (exact) mass is 181 g/mol. The summed E-state index contributed by atoms with van der Waals surface area (Å²) < 4.78 is 0. The Bertz CT molecular complexity index is 273. The molecule has 0 saturated heterocycles. The number of aliphatic hydroxyl groups excluding tert-OH is 2. The zero-order chi connectivity index (χ0) is 9.84. The minimum atomic E-state index is -0.604. The first-order valence-corrected chi connectivity index (χ1v) is 4.29. The molecule has 1 rings (SSSR count). The topological polar surface area (TPSA) is 66.5 Å². The van der Waals surface area contributed by atoms with Gasteiger partial charge in [0.05, 0.1) is 18.8 Å². The van der Waals surface area contributed by atoms with Gasteiger partial charge in [0.15, 0.2) is 0 Å². The summed E-state index contributed by atoms with van der Waals surface area (Å²) in [6.45, 7) is 1.59. The van der Waals surface area contributed by atoms with E-state index >= 15 is 0 Å². The van der Waals surface area contributed by atoms with Crippen molar-refractivity contribution in [1.29, 1.82) is 0 Å². The molecule has 0 heterocycles. The van der Waals surface area contributed by atoms with Crippen LogP contribution < -0.4 is 5.73 Å². The molecule has 0 aliphatic heterocycles.